The molecule has 0 amide bonds. The fourth-order valence-electron chi connectivity index (χ4n) is 7.21. The number of nitriles is 1. The molecule has 0 aliphatic rings. The predicted octanol–water partition coefficient (Wildman–Crippen LogP) is 11.6. The normalized spacial score (nSPS) is 11.3. The lowest BCUT2D eigenvalue weighted by Gasteiger charge is -2.16. The van der Waals surface area contributed by atoms with Crippen LogP contribution in [0.5, 0.6) is 0 Å². The maximum atomic E-state index is 10.0. The smallest absolute Gasteiger partial charge is 0.205 e. The molecule has 9 rings (SSSR count). The Morgan fingerprint density at radius 1 is 0.479 bits per heavy atom. The van der Waals surface area contributed by atoms with Crippen molar-refractivity contribution in [3.05, 3.63) is 175 Å². The zero-order valence-electron chi connectivity index (χ0n) is 25.8. The lowest BCUT2D eigenvalue weighted by atomic mass is 9.99. The van der Waals surface area contributed by atoms with E-state index in [1.54, 1.807) is 0 Å². The molecule has 4 heteroatoms. The first-order chi connectivity index (χ1) is 23.7. The third kappa shape index (κ3) is 4.14. The molecule has 0 radical (unpaired) electrons. The third-order valence-electron chi connectivity index (χ3n) is 9.37. The van der Waals surface area contributed by atoms with Crippen LogP contribution in [-0.4, -0.2) is 9.13 Å². The molecule has 0 fully saturated rings. The molecule has 222 valence electrons. The van der Waals surface area contributed by atoms with E-state index in [2.05, 4.69) is 147 Å². The van der Waals surface area contributed by atoms with Gasteiger partial charge in [0.15, 0.2) is 0 Å². The van der Waals surface area contributed by atoms with Crippen molar-refractivity contribution >= 4 is 49.3 Å². The van der Waals surface area contributed by atoms with Gasteiger partial charge >= 0.3 is 0 Å². The summed E-state index contributed by atoms with van der Waals surface area (Å²) in [4.78, 5) is 3.70. The fourth-order valence-corrected chi connectivity index (χ4v) is 7.21. The summed E-state index contributed by atoms with van der Waals surface area (Å²) in [5.41, 5.74) is 11.3. The quantitative estimate of drug-likeness (QED) is 0.183. The van der Waals surface area contributed by atoms with Crippen LogP contribution in [0.3, 0.4) is 0 Å². The highest BCUT2D eigenvalue weighted by Crippen LogP contribution is 2.41. The van der Waals surface area contributed by atoms with E-state index in [1.165, 1.54) is 21.8 Å². The number of aromatic nitrogens is 2. The highest BCUT2D eigenvalue weighted by Gasteiger charge is 2.19. The van der Waals surface area contributed by atoms with Crippen LogP contribution < -0.4 is 0 Å². The summed E-state index contributed by atoms with van der Waals surface area (Å²) in [6, 6.07) is 57.1. The zero-order valence-corrected chi connectivity index (χ0v) is 25.8. The topological polar surface area (TPSA) is 38.0 Å². The second kappa shape index (κ2) is 10.9. The number of rotatable bonds is 4. The van der Waals surface area contributed by atoms with Crippen molar-refractivity contribution in [1.29, 1.82) is 5.26 Å². The molecular weight excluding hydrogens is 585 g/mol. The zero-order chi connectivity index (χ0) is 32.2. The van der Waals surface area contributed by atoms with Gasteiger partial charge in [0.1, 0.15) is 0 Å². The van der Waals surface area contributed by atoms with E-state index >= 15 is 0 Å². The van der Waals surface area contributed by atoms with Crippen molar-refractivity contribution in [2.75, 3.05) is 0 Å². The fraction of sp³-hybridized carbons (Fsp3) is 0. The number of benzene rings is 7. The molecule has 2 aromatic heterocycles. The maximum Gasteiger partial charge on any atom is 0.205 e. The largest absolute Gasteiger partial charge is 0.309 e. The first-order valence-corrected chi connectivity index (χ1v) is 15.9. The molecule has 9 aromatic rings. The predicted molar refractivity (Wildman–Crippen MR) is 197 cm³/mol. The number of nitrogens with zero attached hydrogens (tertiary/aromatic N) is 4. The molecule has 4 nitrogen and oxygen atoms in total. The number of hydrogen-bond acceptors (Lipinski definition) is 1. The Labute approximate surface area is 277 Å². The molecular formula is C44H26N4. The van der Waals surface area contributed by atoms with Gasteiger partial charge in [-0.3, -0.25) is 0 Å². The Bertz CT molecular complexity index is 2790. The molecule has 2 heterocycles. The number of fused-ring (bicyclic) bond motifs is 6. The van der Waals surface area contributed by atoms with Gasteiger partial charge in [-0.15, -0.1) is 0 Å². The van der Waals surface area contributed by atoms with Gasteiger partial charge in [0.25, 0.3) is 0 Å². The molecule has 48 heavy (non-hydrogen) atoms. The molecule has 0 aliphatic heterocycles. The van der Waals surface area contributed by atoms with Crippen molar-refractivity contribution in [3.8, 4) is 39.7 Å². The highest BCUT2D eigenvalue weighted by molar-refractivity contribution is 6.12. The Morgan fingerprint density at radius 3 is 1.79 bits per heavy atom. The average molecular weight is 611 g/mol. The summed E-state index contributed by atoms with van der Waals surface area (Å²) in [5, 5.41) is 14.7. The van der Waals surface area contributed by atoms with Crippen LogP contribution in [0.25, 0.3) is 82.1 Å². The Morgan fingerprint density at radius 2 is 1.06 bits per heavy atom. The van der Waals surface area contributed by atoms with Crippen LogP contribution in [0.1, 0.15) is 5.56 Å². The van der Waals surface area contributed by atoms with E-state index in [0.29, 0.717) is 11.3 Å². The third-order valence-corrected chi connectivity index (χ3v) is 9.37. The van der Waals surface area contributed by atoms with Gasteiger partial charge in [-0.05, 0) is 76.9 Å². The van der Waals surface area contributed by atoms with Gasteiger partial charge in [0.05, 0.1) is 46.0 Å². The minimum absolute atomic E-state index is 0.353. The Kier molecular flexibility index (Phi) is 6.22. The molecule has 0 aliphatic carbocycles. The summed E-state index contributed by atoms with van der Waals surface area (Å²) in [7, 11) is 0. The van der Waals surface area contributed by atoms with E-state index in [9.17, 15) is 5.26 Å². The van der Waals surface area contributed by atoms with Gasteiger partial charge in [-0.1, -0.05) is 103 Å². The summed E-state index contributed by atoms with van der Waals surface area (Å²) >= 11 is 0. The number of hydrogen-bond donors (Lipinski definition) is 0. The summed E-state index contributed by atoms with van der Waals surface area (Å²) < 4.78 is 4.59. The van der Waals surface area contributed by atoms with Crippen LogP contribution in [-0.2, 0) is 0 Å². The summed E-state index contributed by atoms with van der Waals surface area (Å²) in [6.07, 6.45) is 0. The molecule has 0 atom stereocenters. The first-order valence-electron chi connectivity index (χ1n) is 15.9. The van der Waals surface area contributed by atoms with Crippen LogP contribution in [0.4, 0.5) is 5.69 Å². The van der Waals surface area contributed by atoms with E-state index in [0.717, 1.165) is 55.4 Å². The molecule has 0 bridgehead atoms. The van der Waals surface area contributed by atoms with Crippen molar-refractivity contribution in [1.82, 2.24) is 9.13 Å². The summed E-state index contributed by atoms with van der Waals surface area (Å²) in [5.74, 6) is 0. The summed E-state index contributed by atoms with van der Waals surface area (Å²) in [6.45, 7) is 7.77. The SMILES string of the molecule is [C-]#[N+]c1cc(-c2ccccc2)c(-n2c3ccccc3c3cc(-c4ccc5c6ccccc6n(-c6ccccc6)c5c4)ccc32)cc1C#N. The second-order valence-corrected chi connectivity index (χ2v) is 12.0. The Hall–Kier alpha value is -6.88. The lowest BCUT2D eigenvalue weighted by Crippen LogP contribution is -1.98. The lowest BCUT2D eigenvalue weighted by molar-refractivity contribution is 1.18. The number of para-hydroxylation sites is 3. The van der Waals surface area contributed by atoms with Crippen LogP contribution in [0, 0.1) is 17.9 Å². The average Bonchev–Trinajstić information content (AvgIpc) is 3.67. The van der Waals surface area contributed by atoms with Crippen LogP contribution in [0.15, 0.2) is 158 Å². The van der Waals surface area contributed by atoms with Gasteiger partial charge in [0.2, 0.25) is 5.69 Å². The molecule has 0 saturated heterocycles. The molecule has 0 spiro atoms. The van der Waals surface area contributed by atoms with Crippen molar-refractivity contribution in [3.63, 3.8) is 0 Å². The van der Waals surface area contributed by atoms with E-state index in [1.807, 2.05) is 30.3 Å². The molecule has 0 saturated carbocycles. The van der Waals surface area contributed by atoms with E-state index in [-0.39, 0.29) is 0 Å². The van der Waals surface area contributed by atoms with Gasteiger partial charge in [-0.2, -0.15) is 5.26 Å². The van der Waals surface area contributed by atoms with Crippen molar-refractivity contribution in [2.45, 2.75) is 0 Å². The van der Waals surface area contributed by atoms with Gasteiger partial charge < -0.3 is 9.13 Å². The monoisotopic (exact) mass is 610 g/mol. The van der Waals surface area contributed by atoms with Crippen LogP contribution in [0.2, 0.25) is 0 Å². The van der Waals surface area contributed by atoms with Crippen molar-refractivity contribution < 1.29 is 0 Å². The van der Waals surface area contributed by atoms with Gasteiger partial charge in [-0.25, -0.2) is 4.85 Å². The molecule has 0 N–H and O–H groups in total. The van der Waals surface area contributed by atoms with Crippen molar-refractivity contribution in [2.24, 2.45) is 0 Å². The maximum absolute atomic E-state index is 10.0. The second-order valence-electron chi connectivity index (χ2n) is 12.0. The first kappa shape index (κ1) is 27.4. The van der Waals surface area contributed by atoms with E-state index in [4.69, 9.17) is 6.57 Å². The van der Waals surface area contributed by atoms with Gasteiger partial charge in [0, 0.05) is 27.2 Å². The minimum Gasteiger partial charge on any atom is -0.309 e. The molecule has 0 unspecified atom stereocenters. The van der Waals surface area contributed by atoms with E-state index < -0.39 is 0 Å². The van der Waals surface area contributed by atoms with Crippen LogP contribution >= 0.6 is 0 Å². The molecule has 7 aromatic carbocycles. The standard InChI is InChI=1S/C44H26N4/c1-46-39-27-37(29-12-4-2-5-13-29)44(26-32(39)28-45)48-41-19-11-9-17-35(41)38-24-30(21-23-42(38)48)31-20-22-36-34-16-8-10-18-40(34)47(43(36)25-31)33-14-6-3-7-15-33/h2-27H. The highest BCUT2D eigenvalue weighted by atomic mass is 15.0. The Balaban J connectivity index is 1.29. The minimum atomic E-state index is 0.353.